The van der Waals surface area contributed by atoms with Crippen molar-refractivity contribution >= 4 is 11.6 Å². The van der Waals surface area contributed by atoms with Gasteiger partial charge in [-0.2, -0.15) is 0 Å². The first-order valence-corrected chi connectivity index (χ1v) is 12.4. The summed E-state index contributed by atoms with van der Waals surface area (Å²) in [6.07, 6.45) is 15.6. The number of carbonyl (C=O) groups is 1. The van der Waals surface area contributed by atoms with E-state index in [2.05, 4.69) is 49.7 Å². The molecule has 0 radical (unpaired) electrons. The van der Waals surface area contributed by atoms with Crippen LogP contribution in [0.5, 0.6) is 0 Å². The van der Waals surface area contributed by atoms with Crippen molar-refractivity contribution in [3.05, 3.63) is 96.8 Å². The van der Waals surface area contributed by atoms with Gasteiger partial charge >= 0.3 is 0 Å². The number of aromatic nitrogens is 5. The maximum Gasteiger partial charge on any atom is 0.255 e. The van der Waals surface area contributed by atoms with Gasteiger partial charge in [0.05, 0.1) is 11.9 Å². The van der Waals surface area contributed by atoms with Gasteiger partial charge < -0.3 is 5.32 Å². The molecule has 37 heavy (non-hydrogen) atoms. The van der Waals surface area contributed by atoms with Crippen molar-refractivity contribution in [1.29, 1.82) is 0 Å². The molecule has 1 N–H and O–H groups in total. The monoisotopic (exact) mass is 495 g/mol. The molecule has 1 saturated heterocycles. The fourth-order valence-corrected chi connectivity index (χ4v) is 4.17. The number of hydrogen-bond donors (Lipinski definition) is 1. The van der Waals surface area contributed by atoms with Gasteiger partial charge in [-0.3, -0.25) is 9.69 Å². The van der Waals surface area contributed by atoms with Crippen molar-refractivity contribution in [2.45, 2.75) is 33.1 Å². The van der Waals surface area contributed by atoms with E-state index in [1.807, 2.05) is 44.3 Å². The first-order valence-electron chi connectivity index (χ1n) is 12.4. The maximum absolute atomic E-state index is 13.2. The van der Waals surface area contributed by atoms with E-state index < -0.39 is 0 Å². The molecule has 0 aliphatic carbocycles. The summed E-state index contributed by atoms with van der Waals surface area (Å²) in [5.41, 5.74) is 6.61. The minimum Gasteiger partial charge on any atom is -0.322 e. The molecule has 0 unspecified atom stereocenters. The lowest BCUT2D eigenvalue weighted by atomic mass is 10.1. The Kier molecular flexibility index (Phi) is 8.53. The van der Waals surface area contributed by atoms with Crippen LogP contribution in [0.4, 0.5) is 5.69 Å². The summed E-state index contributed by atoms with van der Waals surface area (Å²) in [6.45, 7) is 14.9. The number of nitrogens with one attached hydrogen (secondary N) is 1. The first-order chi connectivity index (χ1) is 17.9. The third kappa shape index (κ3) is 6.95. The number of anilines is 1. The minimum absolute atomic E-state index is 0.215. The van der Waals surface area contributed by atoms with Crippen molar-refractivity contribution in [1.82, 2.24) is 29.9 Å². The molecule has 1 aliphatic heterocycles. The van der Waals surface area contributed by atoms with Crippen LogP contribution in [-0.4, -0.2) is 55.4 Å². The average Bonchev–Trinajstić information content (AvgIpc) is 3.60. The number of benzene rings is 1. The van der Waals surface area contributed by atoms with Crippen LogP contribution in [0.15, 0.2) is 91.2 Å². The van der Waals surface area contributed by atoms with Gasteiger partial charge in [-0.05, 0) is 75.5 Å². The summed E-state index contributed by atoms with van der Waals surface area (Å²) < 4.78 is 1.69. The number of amides is 1. The summed E-state index contributed by atoms with van der Waals surface area (Å²) in [4.78, 5) is 23.7. The molecule has 190 valence electrons. The normalized spacial score (nSPS) is 14.5. The molecule has 1 aliphatic rings. The highest BCUT2D eigenvalue weighted by molar-refractivity contribution is 6.06. The number of rotatable bonds is 10. The molecule has 3 aromatic rings. The maximum atomic E-state index is 13.2. The Morgan fingerprint density at radius 2 is 1.95 bits per heavy atom. The second-order valence-corrected chi connectivity index (χ2v) is 9.36. The zero-order chi connectivity index (χ0) is 26.2. The molecule has 8 heteroatoms. The van der Waals surface area contributed by atoms with Crippen molar-refractivity contribution < 1.29 is 4.79 Å². The number of likely N-dealkylation sites (tertiary alicyclic amines) is 1. The van der Waals surface area contributed by atoms with E-state index in [1.54, 1.807) is 23.2 Å². The molecule has 0 atom stereocenters. The molecule has 0 spiro atoms. The number of aryl methyl sites for hydroxylation is 1. The van der Waals surface area contributed by atoms with Crippen molar-refractivity contribution in [3.63, 3.8) is 0 Å². The number of carbonyl (C=O) groups excluding carboxylic acids is 1. The predicted octanol–water partition coefficient (Wildman–Crippen LogP) is 5.07. The predicted molar refractivity (Wildman–Crippen MR) is 147 cm³/mol. The van der Waals surface area contributed by atoms with Crippen LogP contribution in [0.2, 0.25) is 0 Å². The number of allylic oxidation sites excluding steroid dienone is 2. The lowest BCUT2D eigenvalue weighted by Crippen LogP contribution is -2.22. The van der Waals surface area contributed by atoms with Gasteiger partial charge in [0.1, 0.15) is 12.0 Å². The van der Waals surface area contributed by atoms with Crippen LogP contribution in [0, 0.1) is 6.92 Å². The van der Waals surface area contributed by atoms with Crippen LogP contribution in [0.1, 0.15) is 31.7 Å². The van der Waals surface area contributed by atoms with Crippen LogP contribution in [0.25, 0.3) is 16.9 Å². The van der Waals surface area contributed by atoms with E-state index in [4.69, 9.17) is 0 Å². The number of hydrogen-bond acceptors (Lipinski definition) is 6. The molecule has 0 saturated carbocycles. The highest BCUT2D eigenvalue weighted by Crippen LogP contribution is 2.22. The van der Waals surface area contributed by atoms with Gasteiger partial charge in [0, 0.05) is 35.8 Å². The summed E-state index contributed by atoms with van der Waals surface area (Å²) in [5, 5.41) is 11.5. The van der Waals surface area contributed by atoms with Crippen LogP contribution < -0.4 is 5.32 Å². The van der Waals surface area contributed by atoms with Crippen LogP contribution in [0.3, 0.4) is 0 Å². The van der Waals surface area contributed by atoms with Gasteiger partial charge in [0.15, 0.2) is 0 Å². The van der Waals surface area contributed by atoms with Gasteiger partial charge in [0.25, 0.3) is 5.91 Å². The van der Waals surface area contributed by atoms with Crippen LogP contribution >= 0.6 is 0 Å². The Labute approximate surface area is 218 Å². The highest BCUT2D eigenvalue weighted by atomic mass is 16.1. The van der Waals surface area contributed by atoms with Gasteiger partial charge in [-0.15, -0.1) is 5.10 Å². The summed E-state index contributed by atoms with van der Waals surface area (Å²) in [7, 11) is 0. The first kappa shape index (κ1) is 25.9. The molecular formula is C29H33N7O. The Hall–Kier alpha value is -4.17. The lowest BCUT2D eigenvalue weighted by molar-refractivity contribution is -0.112. The van der Waals surface area contributed by atoms with Gasteiger partial charge in [-0.25, -0.2) is 14.6 Å². The SMILES string of the molecule is C=C/C(=C\C(=C/CC(=C)C)CN1CCCC1)C(=O)Nc1ccc(C)c(-n2cc(-c3cncnc3)nn2)c1. The van der Waals surface area contributed by atoms with E-state index in [-0.39, 0.29) is 5.91 Å². The molecule has 4 rings (SSSR count). The number of nitrogens with zero attached hydrogens (tertiary/aromatic N) is 6. The fourth-order valence-electron chi connectivity index (χ4n) is 4.17. The van der Waals surface area contributed by atoms with E-state index >= 15 is 0 Å². The summed E-state index contributed by atoms with van der Waals surface area (Å²) in [6, 6.07) is 5.71. The highest BCUT2D eigenvalue weighted by Gasteiger charge is 2.15. The molecule has 3 heterocycles. The molecule has 1 aromatic carbocycles. The zero-order valence-electron chi connectivity index (χ0n) is 21.5. The molecular weight excluding hydrogens is 462 g/mol. The average molecular weight is 496 g/mol. The fraction of sp³-hybridized carbons (Fsp3) is 0.276. The van der Waals surface area contributed by atoms with E-state index in [0.29, 0.717) is 17.0 Å². The van der Waals surface area contributed by atoms with Crippen LogP contribution in [-0.2, 0) is 4.79 Å². The van der Waals surface area contributed by atoms with Gasteiger partial charge in [0.2, 0.25) is 0 Å². The van der Waals surface area contributed by atoms with E-state index in [9.17, 15) is 4.79 Å². The standard InChI is InChI=1S/C29H33N7O/c1-5-24(14-23(10-8-21(2)3)18-35-12-6-7-13-35)29(37)32-26-11-9-22(4)28(15-26)36-19-27(33-34-36)25-16-30-20-31-17-25/h5,9-11,14-17,19-20H,1-2,6-8,12-13,18H2,3-4H3,(H,32,37)/b23-10+,24-14+. The Morgan fingerprint density at radius 3 is 2.65 bits per heavy atom. The van der Waals surface area contributed by atoms with Crippen molar-refractivity contribution in [2.75, 3.05) is 25.0 Å². The lowest BCUT2D eigenvalue weighted by Gasteiger charge is -2.16. The Morgan fingerprint density at radius 1 is 1.19 bits per heavy atom. The second kappa shape index (κ2) is 12.2. The molecule has 2 aromatic heterocycles. The topological polar surface area (TPSA) is 88.8 Å². The van der Waals surface area contributed by atoms with Crippen molar-refractivity contribution in [3.8, 4) is 16.9 Å². The third-order valence-corrected chi connectivity index (χ3v) is 6.20. The Bertz CT molecular complexity index is 1330. The zero-order valence-corrected chi connectivity index (χ0v) is 21.5. The molecule has 0 bridgehead atoms. The Balaban J connectivity index is 1.54. The largest absolute Gasteiger partial charge is 0.322 e. The second-order valence-electron chi connectivity index (χ2n) is 9.36. The summed E-state index contributed by atoms with van der Waals surface area (Å²) in [5.74, 6) is -0.215. The van der Waals surface area contributed by atoms with E-state index in [1.165, 1.54) is 19.2 Å². The summed E-state index contributed by atoms with van der Waals surface area (Å²) >= 11 is 0. The molecule has 8 nitrogen and oxygen atoms in total. The quantitative estimate of drug-likeness (QED) is 0.240. The molecule has 1 fully saturated rings. The van der Waals surface area contributed by atoms with E-state index in [0.717, 1.165) is 54.0 Å². The third-order valence-electron chi connectivity index (χ3n) is 6.20. The minimum atomic E-state index is -0.215. The smallest absolute Gasteiger partial charge is 0.255 e. The van der Waals surface area contributed by atoms with Crippen molar-refractivity contribution in [2.24, 2.45) is 0 Å². The molecule has 1 amide bonds. The van der Waals surface area contributed by atoms with Gasteiger partial charge in [-0.1, -0.05) is 42.2 Å².